The summed E-state index contributed by atoms with van der Waals surface area (Å²) in [5.74, 6) is -0.355. The highest BCUT2D eigenvalue weighted by molar-refractivity contribution is 5.85. The van der Waals surface area contributed by atoms with E-state index in [0.29, 0.717) is 12.1 Å². The number of esters is 1. The number of ether oxygens (including phenoxy) is 1. The maximum Gasteiger partial charge on any atom is 0.328 e. The van der Waals surface area contributed by atoms with Gasteiger partial charge in [0.1, 0.15) is 6.04 Å². The Labute approximate surface area is 109 Å². The average molecular weight is 262 g/mol. The van der Waals surface area contributed by atoms with Gasteiger partial charge in [-0.15, -0.1) is 0 Å². The fourth-order valence-electron chi connectivity index (χ4n) is 1.97. The van der Waals surface area contributed by atoms with Crippen LogP contribution >= 0.6 is 0 Å². The monoisotopic (exact) mass is 262 g/mol. The van der Waals surface area contributed by atoms with Crippen LogP contribution in [0.4, 0.5) is 5.69 Å². The van der Waals surface area contributed by atoms with Gasteiger partial charge in [0.25, 0.3) is 5.69 Å². The van der Waals surface area contributed by atoms with E-state index in [2.05, 4.69) is 0 Å². The summed E-state index contributed by atoms with van der Waals surface area (Å²) in [5.41, 5.74) is 0.651. The van der Waals surface area contributed by atoms with Gasteiger partial charge >= 0.3 is 5.97 Å². The highest BCUT2D eigenvalue weighted by Gasteiger charge is 2.18. The lowest BCUT2D eigenvalue weighted by Crippen LogP contribution is -2.18. The van der Waals surface area contributed by atoms with E-state index in [0.717, 1.165) is 5.39 Å². The molecular formula is C13H14N2O4. The topological polar surface area (TPSA) is 74.4 Å². The quantitative estimate of drug-likeness (QED) is 0.482. The van der Waals surface area contributed by atoms with E-state index in [1.165, 1.54) is 12.1 Å². The first-order valence-corrected chi connectivity index (χ1v) is 5.96. The van der Waals surface area contributed by atoms with Crippen molar-refractivity contribution in [2.24, 2.45) is 0 Å². The average Bonchev–Trinajstić information content (AvgIpc) is 2.80. The molecule has 1 aromatic heterocycles. The van der Waals surface area contributed by atoms with Crippen LogP contribution in [0.5, 0.6) is 0 Å². The molecule has 1 aromatic carbocycles. The molecule has 0 bridgehead atoms. The van der Waals surface area contributed by atoms with Crippen molar-refractivity contribution < 1.29 is 14.5 Å². The molecule has 0 N–H and O–H groups in total. The van der Waals surface area contributed by atoms with Crippen molar-refractivity contribution in [1.29, 1.82) is 0 Å². The number of hydrogen-bond acceptors (Lipinski definition) is 4. The number of carbonyl (C=O) groups excluding carboxylic acids is 1. The Balaban J connectivity index is 2.46. The summed E-state index contributed by atoms with van der Waals surface area (Å²) in [5, 5.41) is 11.6. The first kappa shape index (κ1) is 13.1. The van der Waals surface area contributed by atoms with Gasteiger partial charge in [0, 0.05) is 23.7 Å². The maximum atomic E-state index is 11.7. The molecule has 100 valence electrons. The summed E-state index contributed by atoms with van der Waals surface area (Å²) in [4.78, 5) is 22.1. The number of non-ortho nitro benzene ring substituents is 1. The van der Waals surface area contributed by atoms with Gasteiger partial charge in [-0.2, -0.15) is 0 Å². The molecule has 0 saturated carbocycles. The number of nitro groups is 1. The van der Waals surface area contributed by atoms with E-state index in [-0.39, 0.29) is 11.7 Å². The van der Waals surface area contributed by atoms with E-state index in [4.69, 9.17) is 4.74 Å². The highest BCUT2D eigenvalue weighted by Crippen LogP contribution is 2.25. The normalized spacial score (nSPS) is 12.3. The molecule has 1 atom stereocenters. The zero-order chi connectivity index (χ0) is 14.0. The van der Waals surface area contributed by atoms with Crippen LogP contribution in [0.2, 0.25) is 0 Å². The van der Waals surface area contributed by atoms with Gasteiger partial charge in [-0.05, 0) is 26.0 Å². The van der Waals surface area contributed by atoms with Crippen molar-refractivity contribution >= 4 is 22.6 Å². The third-order valence-corrected chi connectivity index (χ3v) is 2.96. The van der Waals surface area contributed by atoms with Crippen molar-refractivity contribution in [3.8, 4) is 0 Å². The summed E-state index contributed by atoms with van der Waals surface area (Å²) in [6, 6.07) is 5.88. The van der Waals surface area contributed by atoms with Crippen LogP contribution in [0, 0.1) is 10.1 Å². The van der Waals surface area contributed by atoms with Crippen LogP contribution < -0.4 is 0 Å². The van der Waals surface area contributed by atoms with E-state index < -0.39 is 11.0 Å². The fourth-order valence-corrected chi connectivity index (χ4v) is 1.97. The third kappa shape index (κ3) is 2.42. The summed E-state index contributed by atoms with van der Waals surface area (Å²) in [6.45, 7) is 3.75. The molecule has 0 aliphatic carbocycles. The van der Waals surface area contributed by atoms with Gasteiger partial charge in [-0.25, -0.2) is 4.79 Å². The zero-order valence-corrected chi connectivity index (χ0v) is 10.7. The molecule has 6 nitrogen and oxygen atoms in total. The Kier molecular flexibility index (Phi) is 3.50. The molecule has 2 aromatic rings. The van der Waals surface area contributed by atoms with E-state index >= 15 is 0 Å². The number of nitrogens with zero attached hydrogens (tertiary/aromatic N) is 2. The smallest absolute Gasteiger partial charge is 0.328 e. The van der Waals surface area contributed by atoms with Gasteiger partial charge < -0.3 is 9.30 Å². The molecule has 0 saturated heterocycles. The summed E-state index contributed by atoms with van der Waals surface area (Å²) < 4.78 is 6.64. The highest BCUT2D eigenvalue weighted by atomic mass is 16.6. The predicted octanol–water partition coefficient (Wildman–Crippen LogP) is 2.67. The Bertz CT molecular complexity index is 633. The molecule has 0 aliphatic rings. The summed E-state index contributed by atoms with van der Waals surface area (Å²) in [7, 11) is 0. The second kappa shape index (κ2) is 5.09. The Hall–Kier alpha value is -2.37. The number of rotatable bonds is 4. The van der Waals surface area contributed by atoms with Gasteiger partial charge in [0.15, 0.2) is 0 Å². The van der Waals surface area contributed by atoms with Crippen molar-refractivity contribution in [2.45, 2.75) is 19.9 Å². The second-order valence-electron chi connectivity index (χ2n) is 4.15. The minimum absolute atomic E-state index is 0.00325. The third-order valence-electron chi connectivity index (χ3n) is 2.96. The first-order valence-electron chi connectivity index (χ1n) is 5.96. The maximum absolute atomic E-state index is 11.7. The molecular weight excluding hydrogens is 248 g/mol. The summed E-state index contributed by atoms with van der Waals surface area (Å²) in [6.07, 6.45) is 1.73. The molecule has 0 amide bonds. The van der Waals surface area contributed by atoms with Crippen molar-refractivity contribution in [1.82, 2.24) is 4.57 Å². The number of hydrogen-bond donors (Lipinski definition) is 0. The van der Waals surface area contributed by atoms with E-state index in [9.17, 15) is 14.9 Å². The molecule has 0 fully saturated rings. The van der Waals surface area contributed by atoms with Crippen LogP contribution in [0.1, 0.15) is 19.9 Å². The van der Waals surface area contributed by atoms with Crippen molar-refractivity contribution in [3.63, 3.8) is 0 Å². The van der Waals surface area contributed by atoms with Gasteiger partial charge in [-0.3, -0.25) is 10.1 Å². The van der Waals surface area contributed by atoms with Crippen LogP contribution in [-0.4, -0.2) is 22.1 Å². The lowest BCUT2D eigenvalue weighted by Gasteiger charge is -2.13. The Morgan fingerprint density at radius 1 is 1.47 bits per heavy atom. The molecule has 19 heavy (non-hydrogen) atoms. The van der Waals surface area contributed by atoms with E-state index in [1.54, 1.807) is 30.7 Å². The number of carbonyl (C=O) groups is 1. The molecule has 1 heterocycles. The standard InChI is InChI=1S/C13H14N2O4/c1-3-19-13(16)9(2)14-7-6-10-4-5-11(15(17)18)8-12(10)14/h4-9H,3H2,1-2H3/t9-/m1/s1. The number of nitro benzene ring substituents is 1. The first-order chi connectivity index (χ1) is 9.04. The van der Waals surface area contributed by atoms with E-state index in [1.807, 2.05) is 6.07 Å². The van der Waals surface area contributed by atoms with Crippen molar-refractivity contribution in [2.75, 3.05) is 6.61 Å². The lowest BCUT2D eigenvalue weighted by molar-refractivity contribution is -0.384. The number of fused-ring (bicyclic) bond motifs is 1. The fraction of sp³-hybridized carbons (Fsp3) is 0.308. The van der Waals surface area contributed by atoms with Crippen LogP contribution in [0.3, 0.4) is 0 Å². The Morgan fingerprint density at radius 2 is 2.21 bits per heavy atom. The van der Waals surface area contributed by atoms with Gasteiger partial charge in [-0.1, -0.05) is 0 Å². The van der Waals surface area contributed by atoms with Crippen LogP contribution in [0.15, 0.2) is 30.5 Å². The van der Waals surface area contributed by atoms with Crippen LogP contribution in [0.25, 0.3) is 10.9 Å². The molecule has 0 radical (unpaired) electrons. The second-order valence-corrected chi connectivity index (χ2v) is 4.15. The summed E-state index contributed by atoms with van der Waals surface area (Å²) >= 11 is 0. The molecule has 6 heteroatoms. The lowest BCUT2D eigenvalue weighted by atomic mass is 10.2. The van der Waals surface area contributed by atoms with Crippen LogP contribution in [-0.2, 0) is 9.53 Å². The van der Waals surface area contributed by atoms with Crippen molar-refractivity contribution in [3.05, 3.63) is 40.6 Å². The number of benzene rings is 1. The van der Waals surface area contributed by atoms with Gasteiger partial charge in [0.05, 0.1) is 17.0 Å². The molecule has 2 rings (SSSR count). The minimum atomic E-state index is -0.514. The van der Waals surface area contributed by atoms with Gasteiger partial charge in [0.2, 0.25) is 0 Å². The molecule has 0 aliphatic heterocycles. The Morgan fingerprint density at radius 3 is 2.84 bits per heavy atom. The zero-order valence-electron chi connectivity index (χ0n) is 10.7. The number of aromatic nitrogens is 1. The largest absolute Gasteiger partial charge is 0.464 e. The SMILES string of the molecule is CCOC(=O)[C@@H](C)n1ccc2ccc([N+](=O)[O-])cc21. The predicted molar refractivity (Wildman–Crippen MR) is 69.9 cm³/mol. The molecule has 0 unspecified atom stereocenters. The molecule has 0 spiro atoms. The minimum Gasteiger partial charge on any atom is -0.464 e.